The van der Waals surface area contributed by atoms with E-state index in [0.717, 1.165) is 0 Å². The van der Waals surface area contributed by atoms with Crippen LogP contribution < -0.4 is 0 Å². The molecular formula is C12H16O5. The Labute approximate surface area is 99.1 Å². The van der Waals surface area contributed by atoms with E-state index >= 15 is 0 Å². The maximum atomic E-state index is 10.6. The van der Waals surface area contributed by atoms with Gasteiger partial charge in [-0.05, 0) is 24.7 Å². The second-order valence-corrected chi connectivity index (χ2v) is 4.64. The van der Waals surface area contributed by atoms with E-state index in [2.05, 4.69) is 0 Å². The zero-order valence-corrected chi connectivity index (χ0v) is 9.41. The van der Waals surface area contributed by atoms with Gasteiger partial charge in [0.1, 0.15) is 0 Å². The van der Waals surface area contributed by atoms with Crippen molar-refractivity contribution < 1.29 is 24.5 Å². The Hall–Kier alpha value is -1.36. The zero-order chi connectivity index (χ0) is 12.4. The van der Waals surface area contributed by atoms with Gasteiger partial charge in [-0.1, -0.05) is 12.2 Å². The average molecular weight is 240 g/mol. The van der Waals surface area contributed by atoms with Gasteiger partial charge in [0, 0.05) is 12.8 Å². The lowest BCUT2D eigenvalue weighted by Gasteiger charge is -2.24. The highest BCUT2D eigenvalue weighted by molar-refractivity contribution is 5.67. The van der Waals surface area contributed by atoms with Gasteiger partial charge in [-0.2, -0.15) is 0 Å². The molecule has 0 aromatic heterocycles. The van der Waals surface area contributed by atoms with Crippen LogP contribution in [-0.4, -0.2) is 34.4 Å². The zero-order valence-electron chi connectivity index (χ0n) is 9.41. The van der Waals surface area contributed by atoms with Crippen LogP contribution in [-0.2, 0) is 14.3 Å². The van der Waals surface area contributed by atoms with Crippen molar-refractivity contribution in [2.45, 2.75) is 37.9 Å². The maximum Gasteiger partial charge on any atom is 0.303 e. The van der Waals surface area contributed by atoms with Crippen LogP contribution in [0.3, 0.4) is 0 Å². The van der Waals surface area contributed by atoms with E-state index in [-0.39, 0.29) is 36.9 Å². The SMILES string of the molecule is O=C(O)CCC1C2C=CC(O2)C1CCC(=O)O. The number of hydrogen-bond donors (Lipinski definition) is 2. The summed E-state index contributed by atoms with van der Waals surface area (Å²) in [5, 5.41) is 17.4. The second kappa shape index (κ2) is 4.87. The molecule has 2 N–H and O–H groups in total. The molecule has 4 atom stereocenters. The summed E-state index contributed by atoms with van der Waals surface area (Å²) in [6.07, 6.45) is 5.26. The molecule has 2 heterocycles. The summed E-state index contributed by atoms with van der Waals surface area (Å²) in [4.78, 5) is 21.2. The first kappa shape index (κ1) is 12.1. The van der Waals surface area contributed by atoms with Gasteiger partial charge in [0.25, 0.3) is 0 Å². The normalized spacial score (nSPS) is 34.1. The van der Waals surface area contributed by atoms with Crippen molar-refractivity contribution in [1.29, 1.82) is 0 Å². The van der Waals surface area contributed by atoms with Crippen LogP contribution >= 0.6 is 0 Å². The fourth-order valence-corrected chi connectivity index (χ4v) is 2.80. The summed E-state index contributed by atoms with van der Waals surface area (Å²) in [7, 11) is 0. The molecule has 2 bridgehead atoms. The van der Waals surface area contributed by atoms with Gasteiger partial charge < -0.3 is 14.9 Å². The van der Waals surface area contributed by atoms with Gasteiger partial charge in [-0.15, -0.1) is 0 Å². The molecule has 17 heavy (non-hydrogen) atoms. The molecule has 0 amide bonds. The largest absolute Gasteiger partial charge is 0.481 e. The fourth-order valence-electron chi connectivity index (χ4n) is 2.80. The molecular weight excluding hydrogens is 224 g/mol. The Balaban J connectivity index is 1.94. The highest BCUT2D eigenvalue weighted by Crippen LogP contribution is 2.43. The van der Waals surface area contributed by atoms with Crippen molar-refractivity contribution in [2.75, 3.05) is 0 Å². The van der Waals surface area contributed by atoms with E-state index < -0.39 is 11.9 Å². The number of carbonyl (C=O) groups is 2. The molecule has 0 aliphatic carbocycles. The Kier molecular flexibility index (Phi) is 3.47. The van der Waals surface area contributed by atoms with Crippen molar-refractivity contribution in [3.05, 3.63) is 12.2 Å². The molecule has 2 rings (SSSR count). The van der Waals surface area contributed by atoms with E-state index in [1.54, 1.807) is 0 Å². The Morgan fingerprint density at radius 3 is 1.71 bits per heavy atom. The van der Waals surface area contributed by atoms with Crippen LogP contribution in [0.2, 0.25) is 0 Å². The minimum atomic E-state index is -0.811. The molecule has 0 saturated carbocycles. The van der Waals surface area contributed by atoms with Crippen molar-refractivity contribution in [3.63, 3.8) is 0 Å². The summed E-state index contributed by atoms with van der Waals surface area (Å²) < 4.78 is 5.67. The summed E-state index contributed by atoms with van der Waals surface area (Å²) in [5.74, 6) is -1.32. The standard InChI is InChI=1S/C12H16O5/c13-11(14)5-1-7-8(2-6-12(15)16)10-4-3-9(7)17-10/h3-4,7-10H,1-2,5-6H2,(H,13,14)(H,15,16). The van der Waals surface area contributed by atoms with E-state index in [0.29, 0.717) is 12.8 Å². The van der Waals surface area contributed by atoms with Crippen LogP contribution in [0.4, 0.5) is 0 Å². The highest BCUT2D eigenvalue weighted by atomic mass is 16.5. The molecule has 5 nitrogen and oxygen atoms in total. The Morgan fingerprint density at radius 1 is 0.941 bits per heavy atom. The van der Waals surface area contributed by atoms with Gasteiger partial charge in [0.05, 0.1) is 12.2 Å². The second-order valence-electron chi connectivity index (χ2n) is 4.64. The first-order valence-corrected chi connectivity index (χ1v) is 5.85. The number of ether oxygens (including phenoxy) is 1. The number of aliphatic carboxylic acids is 2. The molecule has 4 unspecified atom stereocenters. The Morgan fingerprint density at radius 2 is 1.35 bits per heavy atom. The minimum Gasteiger partial charge on any atom is -0.481 e. The summed E-state index contributed by atoms with van der Waals surface area (Å²) in [5.41, 5.74) is 0. The van der Waals surface area contributed by atoms with Crippen LogP contribution in [0.5, 0.6) is 0 Å². The third-order valence-electron chi connectivity index (χ3n) is 3.58. The topological polar surface area (TPSA) is 83.8 Å². The highest BCUT2D eigenvalue weighted by Gasteiger charge is 2.45. The van der Waals surface area contributed by atoms with E-state index in [9.17, 15) is 9.59 Å². The summed E-state index contributed by atoms with van der Waals surface area (Å²) in [6.45, 7) is 0. The molecule has 1 fully saturated rings. The van der Waals surface area contributed by atoms with Crippen molar-refractivity contribution in [2.24, 2.45) is 11.8 Å². The van der Waals surface area contributed by atoms with Crippen LogP contribution in [0.25, 0.3) is 0 Å². The predicted octanol–water partition coefficient (Wildman–Crippen LogP) is 1.29. The van der Waals surface area contributed by atoms with Crippen molar-refractivity contribution in [1.82, 2.24) is 0 Å². The third kappa shape index (κ3) is 2.66. The molecule has 0 aromatic carbocycles. The predicted molar refractivity (Wildman–Crippen MR) is 58.5 cm³/mol. The number of carboxylic acids is 2. The first-order valence-electron chi connectivity index (χ1n) is 5.85. The minimum absolute atomic E-state index is 0.0156. The summed E-state index contributed by atoms with van der Waals surface area (Å²) >= 11 is 0. The average Bonchev–Trinajstić information content (AvgIpc) is 2.83. The third-order valence-corrected chi connectivity index (χ3v) is 3.58. The molecule has 0 radical (unpaired) electrons. The van der Waals surface area contributed by atoms with E-state index in [1.807, 2.05) is 12.2 Å². The molecule has 0 aromatic rings. The smallest absolute Gasteiger partial charge is 0.303 e. The van der Waals surface area contributed by atoms with Crippen LogP contribution in [0.15, 0.2) is 12.2 Å². The molecule has 5 heteroatoms. The monoisotopic (exact) mass is 240 g/mol. The van der Waals surface area contributed by atoms with Gasteiger partial charge in [-0.25, -0.2) is 0 Å². The van der Waals surface area contributed by atoms with Crippen molar-refractivity contribution in [3.8, 4) is 0 Å². The quantitative estimate of drug-likeness (QED) is 0.683. The van der Waals surface area contributed by atoms with Gasteiger partial charge in [0.2, 0.25) is 0 Å². The lowest BCUT2D eigenvalue weighted by atomic mass is 9.78. The number of rotatable bonds is 6. The van der Waals surface area contributed by atoms with Gasteiger partial charge in [-0.3, -0.25) is 9.59 Å². The van der Waals surface area contributed by atoms with E-state index in [4.69, 9.17) is 14.9 Å². The van der Waals surface area contributed by atoms with Gasteiger partial charge >= 0.3 is 11.9 Å². The number of fused-ring (bicyclic) bond motifs is 2. The number of hydrogen-bond acceptors (Lipinski definition) is 3. The molecule has 1 saturated heterocycles. The molecule has 2 aliphatic rings. The fraction of sp³-hybridized carbons (Fsp3) is 0.667. The molecule has 94 valence electrons. The summed E-state index contributed by atoms with van der Waals surface area (Å²) in [6, 6.07) is 0. The van der Waals surface area contributed by atoms with E-state index in [1.165, 1.54) is 0 Å². The van der Waals surface area contributed by atoms with Gasteiger partial charge in [0.15, 0.2) is 0 Å². The first-order chi connectivity index (χ1) is 8.08. The van der Waals surface area contributed by atoms with Crippen molar-refractivity contribution >= 4 is 11.9 Å². The lowest BCUT2D eigenvalue weighted by Crippen LogP contribution is -2.25. The Bertz CT molecular complexity index is 317. The van der Waals surface area contributed by atoms with Crippen LogP contribution in [0.1, 0.15) is 25.7 Å². The molecule has 0 spiro atoms. The molecule has 2 aliphatic heterocycles. The van der Waals surface area contributed by atoms with Crippen LogP contribution in [0, 0.1) is 11.8 Å². The number of carboxylic acid groups (broad SMARTS) is 2. The lowest BCUT2D eigenvalue weighted by molar-refractivity contribution is -0.138. The maximum absolute atomic E-state index is 10.6.